The highest BCUT2D eigenvalue weighted by Gasteiger charge is 2.63. The Kier molecular flexibility index (Phi) is 4.91. The maximum Gasteiger partial charge on any atom is 0.508 e. The molecule has 0 radical (unpaired) electrons. The molecule has 2 aromatic rings. The summed E-state index contributed by atoms with van der Waals surface area (Å²) in [6.45, 7) is 1.68. The first-order valence-corrected chi connectivity index (χ1v) is 8.50. The number of ketones is 1. The van der Waals surface area contributed by atoms with Gasteiger partial charge in [0.2, 0.25) is 0 Å². The molecule has 7 nitrogen and oxygen atoms in total. The molecule has 0 bridgehead atoms. The van der Waals surface area contributed by atoms with Gasteiger partial charge in [-0.05, 0) is 38.0 Å². The van der Waals surface area contributed by atoms with E-state index in [2.05, 4.69) is 4.74 Å². The SMILES string of the molecule is CCOC(=O)OCC[C@@]1(C(=O)O)C[C@@H]1C(=O)c1cc(Cl)c2occc2c1. The molecule has 26 heavy (non-hydrogen) atoms. The quantitative estimate of drug-likeness (QED) is 0.573. The van der Waals surface area contributed by atoms with Crippen LogP contribution < -0.4 is 0 Å². The zero-order valence-corrected chi connectivity index (χ0v) is 14.7. The number of hydrogen-bond donors (Lipinski definition) is 1. The first-order valence-electron chi connectivity index (χ1n) is 8.13. The van der Waals surface area contributed by atoms with Crippen LogP contribution >= 0.6 is 11.6 Å². The van der Waals surface area contributed by atoms with Crippen LogP contribution in [0.5, 0.6) is 0 Å². The summed E-state index contributed by atoms with van der Waals surface area (Å²) in [4.78, 5) is 35.7. The monoisotopic (exact) mass is 380 g/mol. The first-order chi connectivity index (χ1) is 12.4. The van der Waals surface area contributed by atoms with Gasteiger partial charge >= 0.3 is 12.1 Å². The van der Waals surface area contributed by atoms with Crippen LogP contribution in [0.3, 0.4) is 0 Å². The third kappa shape index (κ3) is 3.26. The van der Waals surface area contributed by atoms with E-state index in [1.807, 2.05) is 0 Å². The Labute approximate surface area is 153 Å². The maximum absolute atomic E-state index is 12.8. The lowest BCUT2D eigenvalue weighted by Crippen LogP contribution is -2.24. The molecule has 0 spiro atoms. The maximum atomic E-state index is 12.8. The molecule has 0 amide bonds. The fourth-order valence-electron chi connectivity index (χ4n) is 3.13. The number of carbonyl (C=O) groups is 3. The van der Waals surface area contributed by atoms with Gasteiger partial charge in [-0.15, -0.1) is 0 Å². The van der Waals surface area contributed by atoms with Crippen LogP contribution in [0.25, 0.3) is 11.0 Å². The summed E-state index contributed by atoms with van der Waals surface area (Å²) >= 11 is 6.12. The normalized spacial score (nSPS) is 21.4. The molecule has 3 rings (SSSR count). The molecule has 1 aliphatic rings. The highest BCUT2D eigenvalue weighted by atomic mass is 35.5. The van der Waals surface area contributed by atoms with Gasteiger partial charge in [0.15, 0.2) is 11.4 Å². The van der Waals surface area contributed by atoms with Gasteiger partial charge in [-0.2, -0.15) is 0 Å². The number of aliphatic carboxylic acids is 1. The minimum absolute atomic E-state index is 0.0409. The summed E-state index contributed by atoms with van der Waals surface area (Å²) in [5.74, 6) is -2.07. The van der Waals surface area contributed by atoms with E-state index in [1.165, 1.54) is 12.3 Å². The Morgan fingerprint density at radius 2 is 2.12 bits per heavy atom. The van der Waals surface area contributed by atoms with Gasteiger partial charge in [0.05, 0.1) is 29.9 Å². The molecular formula is C18H17ClO7. The number of carboxylic acid groups (broad SMARTS) is 1. The largest absolute Gasteiger partial charge is 0.508 e. The minimum atomic E-state index is -1.23. The van der Waals surface area contributed by atoms with E-state index in [-0.39, 0.29) is 31.8 Å². The van der Waals surface area contributed by atoms with Crippen molar-refractivity contribution in [1.29, 1.82) is 0 Å². The molecule has 1 aromatic heterocycles. The number of furan rings is 1. The van der Waals surface area contributed by atoms with Crippen LogP contribution in [0.2, 0.25) is 5.02 Å². The van der Waals surface area contributed by atoms with Crippen molar-refractivity contribution in [2.24, 2.45) is 11.3 Å². The molecule has 2 atom stereocenters. The van der Waals surface area contributed by atoms with Gasteiger partial charge in [-0.3, -0.25) is 9.59 Å². The Hall–Kier alpha value is -2.54. The number of rotatable bonds is 7. The summed E-state index contributed by atoms with van der Waals surface area (Å²) < 4.78 is 14.7. The number of hydrogen-bond acceptors (Lipinski definition) is 6. The Morgan fingerprint density at radius 3 is 2.81 bits per heavy atom. The third-order valence-corrected chi connectivity index (χ3v) is 4.92. The number of halogens is 1. The van der Waals surface area contributed by atoms with Crippen LogP contribution in [0, 0.1) is 11.3 Å². The number of fused-ring (bicyclic) bond motifs is 1. The standard InChI is InChI=1S/C18H17ClO7/c1-2-24-17(23)26-6-4-18(16(21)22)9-12(18)14(20)11-7-10-3-5-25-15(10)13(19)8-11/h3,5,7-8,12H,2,4,6,9H2,1H3,(H,21,22)/t12-,18-/m1/s1. The number of carboxylic acids is 1. The highest BCUT2D eigenvalue weighted by Crippen LogP contribution is 2.57. The second kappa shape index (κ2) is 6.99. The van der Waals surface area contributed by atoms with Gasteiger partial charge < -0.3 is 19.0 Å². The van der Waals surface area contributed by atoms with Gasteiger partial charge in [0.1, 0.15) is 0 Å². The van der Waals surface area contributed by atoms with Gasteiger partial charge in [-0.1, -0.05) is 11.6 Å². The molecule has 1 N–H and O–H groups in total. The Morgan fingerprint density at radius 1 is 1.35 bits per heavy atom. The average Bonchev–Trinajstić information content (AvgIpc) is 3.13. The van der Waals surface area contributed by atoms with E-state index in [9.17, 15) is 19.5 Å². The Balaban J connectivity index is 1.72. The second-order valence-corrected chi connectivity index (χ2v) is 6.57. The fourth-order valence-corrected chi connectivity index (χ4v) is 3.40. The minimum Gasteiger partial charge on any atom is -0.481 e. The van der Waals surface area contributed by atoms with E-state index >= 15 is 0 Å². The van der Waals surface area contributed by atoms with Crippen molar-refractivity contribution < 1.29 is 33.4 Å². The summed E-state index contributed by atoms with van der Waals surface area (Å²) in [5, 5.41) is 10.5. The molecule has 1 heterocycles. The van der Waals surface area contributed by atoms with Crippen LogP contribution in [0.4, 0.5) is 4.79 Å². The first kappa shape index (κ1) is 18.3. The lowest BCUT2D eigenvalue weighted by atomic mass is 9.95. The van der Waals surface area contributed by atoms with Crippen molar-refractivity contribution in [3.8, 4) is 0 Å². The van der Waals surface area contributed by atoms with Crippen molar-refractivity contribution >= 4 is 40.5 Å². The smallest absolute Gasteiger partial charge is 0.481 e. The second-order valence-electron chi connectivity index (χ2n) is 6.16. The van der Waals surface area contributed by atoms with Crippen molar-refractivity contribution in [1.82, 2.24) is 0 Å². The van der Waals surface area contributed by atoms with E-state index in [4.69, 9.17) is 20.8 Å². The number of carbonyl (C=O) groups excluding carboxylic acids is 2. The predicted molar refractivity (Wildman–Crippen MR) is 91.3 cm³/mol. The molecule has 138 valence electrons. The van der Waals surface area contributed by atoms with Gasteiger partial charge in [0.25, 0.3) is 0 Å². The topological polar surface area (TPSA) is 103 Å². The number of benzene rings is 1. The number of ether oxygens (including phenoxy) is 2. The molecule has 1 aliphatic carbocycles. The molecule has 8 heteroatoms. The molecule has 1 aromatic carbocycles. The molecule has 0 unspecified atom stereocenters. The van der Waals surface area contributed by atoms with Crippen LogP contribution in [-0.2, 0) is 14.3 Å². The van der Waals surface area contributed by atoms with Crippen molar-refractivity contribution in [2.45, 2.75) is 19.8 Å². The zero-order valence-electron chi connectivity index (χ0n) is 14.0. The molecule has 1 saturated carbocycles. The van der Waals surface area contributed by atoms with Crippen molar-refractivity contribution in [3.05, 3.63) is 35.0 Å². The van der Waals surface area contributed by atoms with E-state index in [1.54, 1.807) is 19.1 Å². The predicted octanol–water partition coefficient (Wildman–Crippen LogP) is 3.92. The molecule has 0 aliphatic heterocycles. The molecule has 1 fully saturated rings. The van der Waals surface area contributed by atoms with Gasteiger partial charge in [0, 0.05) is 16.9 Å². The summed E-state index contributed by atoms with van der Waals surface area (Å²) in [6, 6.07) is 4.80. The van der Waals surface area contributed by atoms with Crippen molar-refractivity contribution in [2.75, 3.05) is 13.2 Å². The molecule has 0 saturated heterocycles. The summed E-state index contributed by atoms with van der Waals surface area (Å²) in [5.41, 5.74) is -0.420. The van der Waals surface area contributed by atoms with E-state index in [0.29, 0.717) is 21.6 Å². The third-order valence-electron chi connectivity index (χ3n) is 4.64. The van der Waals surface area contributed by atoms with Crippen LogP contribution in [0.1, 0.15) is 30.1 Å². The number of Topliss-reactive ketones (excluding diaryl/α,β-unsaturated/α-hetero) is 1. The van der Waals surface area contributed by atoms with Gasteiger partial charge in [-0.25, -0.2) is 4.79 Å². The lowest BCUT2D eigenvalue weighted by molar-refractivity contribution is -0.144. The fraction of sp³-hybridized carbons (Fsp3) is 0.389. The molecular weight excluding hydrogens is 364 g/mol. The van der Waals surface area contributed by atoms with E-state index < -0.39 is 23.5 Å². The zero-order chi connectivity index (χ0) is 18.9. The highest BCUT2D eigenvalue weighted by molar-refractivity contribution is 6.35. The summed E-state index contributed by atoms with van der Waals surface area (Å²) in [7, 11) is 0. The van der Waals surface area contributed by atoms with E-state index in [0.717, 1.165) is 0 Å². The Bertz CT molecular complexity index is 872. The average molecular weight is 381 g/mol. The van der Waals surface area contributed by atoms with Crippen LogP contribution in [-0.4, -0.2) is 36.2 Å². The summed E-state index contributed by atoms with van der Waals surface area (Å²) in [6.07, 6.45) is 0.845. The van der Waals surface area contributed by atoms with Crippen LogP contribution in [0.15, 0.2) is 28.9 Å². The van der Waals surface area contributed by atoms with Crippen molar-refractivity contribution in [3.63, 3.8) is 0 Å². The lowest BCUT2D eigenvalue weighted by Gasteiger charge is -2.12.